The molecular weight excluding hydrogens is 330 g/mol. The molecule has 0 bridgehead atoms. The van der Waals surface area contributed by atoms with Crippen molar-refractivity contribution in [1.82, 2.24) is 4.72 Å². The second-order valence-electron chi connectivity index (χ2n) is 5.94. The van der Waals surface area contributed by atoms with Crippen molar-refractivity contribution in [2.45, 2.75) is 37.7 Å². The number of furan rings is 1. The van der Waals surface area contributed by atoms with Gasteiger partial charge in [0, 0.05) is 13.0 Å². The van der Waals surface area contributed by atoms with Gasteiger partial charge in [0.15, 0.2) is 0 Å². The maximum atomic E-state index is 12.4. The molecule has 0 aliphatic rings. The van der Waals surface area contributed by atoms with Crippen molar-refractivity contribution in [1.29, 1.82) is 0 Å². The van der Waals surface area contributed by atoms with Crippen molar-refractivity contribution >= 4 is 10.0 Å². The van der Waals surface area contributed by atoms with Crippen molar-refractivity contribution in [3.05, 3.63) is 47.9 Å². The van der Waals surface area contributed by atoms with Crippen LogP contribution in [0.25, 0.3) is 0 Å². The van der Waals surface area contributed by atoms with Gasteiger partial charge >= 0.3 is 0 Å². The number of hydrogen-bond acceptors (Lipinski definition) is 5. The number of nitrogens with one attached hydrogen (secondary N) is 1. The quantitative estimate of drug-likeness (QED) is 0.760. The van der Waals surface area contributed by atoms with Crippen molar-refractivity contribution in [3.63, 3.8) is 0 Å². The Hall–Kier alpha value is -1.83. The molecule has 1 aromatic heterocycles. The third-order valence-electron chi connectivity index (χ3n) is 3.53. The lowest BCUT2D eigenvalue weighted by Gasteiger charge is -2.22. The van der Waals surface area contributed by atoms with Crippen LogP contribution in [-0.4, -0.2) is 32.3 Å². The van der Waals surface area contributed by atoms with Crippen LogP contribution in [0.2, 0.25) is 0 Å². The zero-order chi connectivity index (χ0) is 17.8. The molecule has 6 nitrogen and oxygen atoms in total. The molecule has 2 N–H and O–H groups in total. The molecule has 0 spiro atoms. The van der Waals surface area contributed by atoms with E-state index in [-0.39, 0.29) is 17.9 Å². The maximum absolute atomic E-state index is 12.4. The predicted octanol–water partition coefficient (Wildman–Crippen LogP) is 2.26. The number of rotatable bonds is 8. The first-order valence-electron chi connectivity index (χ1n) is 7.71. The SMILES string of the molecule is CCOc1ccc(S(=O)(=O)NCC(C)(O)Cc2ccco2)cc1C. The van der Waals surface area contributed by atoms with Crippen molar-refractivity contribution in [3.8, 4) is 5.75 Å². The highest BCUT2D eigenvalue weighted by atomic mass is 32.2. The number of aryl methyl sites for hydroxylation is 1. The van der Waals surface area contributed by atoms with Crippen molar-refractivity contribution < 1.29 is 22.7 Å². The van der Waals surface area contributed by atoms with Gasteiger partial charge in [-0.1, -0.05) is 0 Å². The Morgan fingerprint density at radius 1 is 1.33 bits per heavy atom. The van der Waals surface area contributed by atoms with Gasteiger partial charge in [-0.05, 0) is 56.7 Å². The summed E-state index contributed by atoms with van der Waals surface area (Å²) in [5, 5.41) is 10.4. The Morgan fingerprint density at radius 3 is 2.67 bits per heavy atom. The first-order chi connectivity index (χ1) is 11.2. The summed E-state index contributed by atoms with van der Waals surface area (Å²) in [6.07, 6.45) is 1.73. The molecule has 0 fully saturated rings. The van der Waals surface area contributed by atoms with Crippen molar-refractivity contribution in [2.75, 3.05) is 13.2 Å². The second-order valence-corrected chi connectivity index (χ2v) is 7.70. The molecule has 2 rings (SSSR count). The summed E-state index contributed by atoms with van der Waals surface area (Å²) >= 11 is 0. The van der Waals surface area contributed by atoms with Gasteiger partial charge in [0.2, 0.25) is 10.0 Å². The van der Waals surface area contributed by atoms with Crippen LogP contribution in [-0.2, 0) is 16.4 Å². The fraction of sp³-hybridized carbons (Fsp3) is 0.412. The Kier molecular flexibility index (Phi) is 5.69. The molecular formula is C17H23NO5S. The van der Waals surface area contributed by atoms with Crippen LogP contribution in [0.15, 0.2) is 45.9 Å². The number of sulfonamides is 1. The van der Waals surface area contributed by atoms with Gasteiger partial charge in [-0.2, -0.15) is 0 Å². The van der Waals surface area contributed by atoms with E-state index in [0.29, 0.717) is 18.1 Å². The van der Waals surface area contributed by atoms with E-state index < -0.39 is 15.6 Å². The van der Waals surface area contributed by atoms with Gasteiger partial charge in [-0.25, -0.2) is 13.1 Å². The molecule has 0 radical (unpaired) electrons. The van der Waals surface area contributed by atoms with Crippen LogP contribution < -0.4 is 9.46 Å². The summed E-state index contributed by atoms with van der Waals surface area (Å²) in [4.78, 5) is 0.136. The lowest BCUT2D eigenvalue weighted by Crippen LogP contribution is -2.42. The summed E-state index contributed by atoms with van der Waals surface area (Å²) in [7, 11) is -3.72. The smallest absolute Gasteiger partial charge is 0.240 e. The van der Waals surface area contributed by atoms with Gasteiger partial charge in [0.05, 0.1) is 23.4 Å². The number of hydrogen-bond donors (Lipinski definition) is 2. The van der Waals surface area contributed by atoms with E-state index in [0.717, 1.165) is 5.56 Å². The molecule has 132 valence electrons. The van der Waals surface area contributed by atoms with E-state index in [1.807, 2.05) is 6.92 Å². The van der Waals surface area contributed by atoms with E-state index in [1.54, 1.807) is 38.1 Å². The van der Waals surface area contributed by atoms with Crippen molar-refractivity contribution in [2.24, 2.45) is 0 Å². The normalized spacial score (nSPS) is 14.3. The van der Waals surface area contributed by atoms with Crippen LogP contribution in [0.4, 0.5) is 0 Å². The zero-order valence-corrected chi connectivity index (χ0v) is 14.9. The average Bonchev–Trinajstić information content (AvgIpc) is 3.00. The van der Waals surface area contributed by atoms with Gasteiger partial charge in [-0.3, -0.25) is 0 Å². The number of benzene rings is 1. The molecule has 7 heteroatoms. The van der Waals surface area contributed by atoms with E-state index in [4.69, 9.17) is 9.15 Å². The molecule has 24 heavy (non-hydrogen) atoms. The molecule has 2 aromatic rings. The van der Waals surface area contributed by atoms with Crippen LogP contribution in [0.3, 0.4) is 0 Å². The van der Waals surface area contributed by atoms with E-state index >= 15 is 0 Å². The summed E-state index contributed by atoms with van der Waals surface area (Å²) in [5.74, 6) is 1.25. The monoisotopic (exact) mass is 353 g/mol. The molecule has 0 amide bonds. The van der Waals surface area contributed by atoms with Crippen LogP contribution in [0.1, 0.15) is 25.2 Å². The highest BCUT2D eigenvalue weighted by molar-refractivity contribution is 7.89. The third kappa shape index (κ3) is 4.83. The lowest BCUT2D eigenvalue weighted by atomic mass is 10.0. The molecule has 0 saturated heterocycles. The summed E-state index contributed by atoms with van der Waals surface area (Å²) in [6, 6.07) is 8.13. The van der Waals surface area contributed by atoms with Gasteiger partial charge in [-0.15, -0.1) is 0 Å². The third-order valence-corrected chi connectivity index (χ3v) is 4.93. The predicted molar refractivity (Wildman–Crippen MR) is 90.6 cm³/mol. The Balaban J connectivity index is 2.06. The molecule has 0 aliphatic carbocycles. The van der Waals surface area contributed by atoms with Crippen LogP contribution in [0.5, 0.6) is 5.75 Å². The first-order valence-corrected chi connectivity index (χ1v) is 9.20. The van der Waals surface area contributed by atoms with Gasteiger partial charge < -0.3 is 14.3 Å². The van der Waals surface area contributed by atoms with E-state index in [9.17, 15) is 13.5 Å². The Labute approximate surface area is 142 Å². The first kappa shape index (κ1) is 18.5. The standard InChI is InChI=1S/C17H23NO5S/c1-4-22-16-8-7-15(10-13(16)2)24(20,21)18-12-17(3,19)11-14-6-5-9-23-14/h5-10,18-19H,4,11-12H2,1-3H3. The molecule has 1 aromatic carbocycles. The molecule has 0 aliphatic heterocycles. The number of aliphatic hydroxyl groups is 1. The fourth-order valence-corrected chi connectivity index (χ4v) is 3.54. The highest BCUT2D eigenvalue weighted by Gasteiger charge is 2.26. The second kappa shape index (κ2) is 7.38. The van der Waals surface area contributed by atoms with Gasteiger partial charge in [0.25, 0.3) is 0 Å². The maximum Gasteiger partial charge on any atom is 0.240 e. The number of ether oxygens (including phenoxy) is 1. The summed E-state index contributed by atoms with van der Waals surface area (Å²) in [5.41, 5.74) is -0.521. The minimum Gasteiger partial charge on any atom is -0.494 e. The average molecular weight is 353 g/mol. The summed E-state index contributed by atoms with van der Waals surface area (Å²) in [6.45, 7) is 5.61. The minimum atomic E-state index is -3.72. The molecule has 1 unspecified atom stereocenters. The molecule has 0 saturated carbocycles. The fourth-order valence-electron chi connectivity index (χ4n) is 2.29. The largest absolute Gasteiger partial charge is 0.494 e. The van der Waals surface area contributed by atoms with Crippen LogP contribution >= 0.6 is 0 Å². The highest BCUT2D eigenvalue weighted by Crippen LogP contribution is 2.22. The zero-order valence-electron chi connectivity index (χ0n) is 14.1. The molecule has 1 atom stereocenters. The Bertz CT molecular complexity index is 766. The minimum absolute atomic E-state index is 0.123. The molecule has 1 heterocycles. The topological polar surface area (TPSA) is 88.8 Å². The van der Waals surface area contributed by atoms with E-state index in [2.05, 4.69) is 4.72 Å². The lowest BCUT2D eigenvalue weighted by molar-refractivity contribution is 0.0603. The summed E-state index contributed by atoms with van der Waals surface area (Å²) < 4.78 is 37.9. The van der Waals surface area contributed by atoms with E-state index in [1.165, 1.54) is 12.3 Å². The van der Waals surface area contributed by atoms with Crippen LogP contribution in [0, 0.1) is 6.92 Å². The van der Waals surface area contributed by atoms with Gasteiger partial charge in [0.1, 0.15) is 11.5 Å². The Morgan fingerprint density at radius 2 is 2.08 bits per heavy atom.